The molecule has 0 saturated heterocycles. The van der Waals surface area contributed by atoms with Crippen molar-refractivity contribution in [1.82, 2.24) is 8.88 Å². The zero-order valence-electron chi connectivity index (χ0n) is 34.5. The van der Waals surface area contributed by atoms with Gasteiger partial charge in [-0.2, -0.15) is 0 Å². The fourth-order valence-corrected chi connectivity index (χ4v) is 19.9. The Bertz CT molecular complexity index is 2190. The lowest BCUT2D eigenvalue weighted by Crippen LogP contribution is -2.32. The van der Waals surface area contributed by atoms with E-state index in [9.17, 15) is 0 Å². The summed E-state index contributed by atoms with van der Waals surface area (Å²) >= 11 is 0. The van der Waals surface area contributed by atoms with E-state index in [1.165, 1.54) is 53.6 Å². The van der Waals surface area contributed by atoms with E-state index < -0.39 is 32.3 Å². The Morgan fingerprint density at radius 1 is 0.210 bits per heavy atom. The molecule has 0 spiro atoms. The van der Waals surface area contributed by atoms with Crippen LogP contribution in [0.4, 0.5) is 0 Å². The molecule has 9 rings (SSSR count). The highest BCUT2D eigenvalue weighted by Crippen LogP contribution is 2.57. The van der Waals surface area contributed by atoms with Crippen molar-refractivity contribution in [2.45, 2.75) is 13.1 Å². The van der Waals surface area contributed by atoms with Gasteiger partial charge in [-0.05, 0) is 53.6 Å². The van der Waals surface area contributed by atoms with E-state index in [4.69, 9.17) is 0 Å². The first-order valence-electron chi connectivity index (χ1n) is 21.0. The third-order valence-corrected chi connectivity index (χ3v) is 21.4. The van der Waals surface area contributed by atoms with Gasteiger partial charge in [0.25, 0.3) is 0 Å². The Kier molecular flexibility index (Phi) is 14.3. The summed E-state index contributed by atoms with van der Waals surface area (Å²) in [6.45, 7) is 1.58. The largest absolute Gasteiger partial charge is 0.240 e. The maximum atomic E-state index is 2.85. The van der Waals surface area contributed by atoms with Crippen LogP contribution in [0.25, 0.3) is 0 Å². The van der Waals surface area contributed by atoms with Crippen molar-refractivity contribution in [2.75, 3.05) is 0 Å². The lowest BCUT2D eigenvalue weighted by Gasteiger charge is -2.40. The molecule has 9 aromatic rings. The summed E-state index contributed by atoms with van der Waals surface area (Å²) in [5, 5.41) is 10.8. The molecule has 0 heterocycles. The van der Waals surface area contributed by atoms with Gasteiger partial charge < -0.3 is 0 Å². The van der Waals surface area contributed by atoms with Crippen LogP contribution in [0.15, 0.2) is 267 Å². The fraction of sp³-hybridized carbons (Fsp3) is 0.0357. The maximum absolute atomic E-state index is 2.85. The number of nitrogens with zero attached hydrogens (tertiary/aromatic N) is 2. The van der Waals surface area contributed by atoms with Gasteiger partial charge >= 0.3 is 0 Å². The zero-order valence-corrected chi connectivity index (χ0v) is 38.1. The Morgan fingerprint density at radius 2 is 0.387 bits per heavy atom. The summed E-state index contributed by atoms with van der Waals surface area (Å²) in [7, 11) is -3.74. The minimum absolute atomic E-state index is 0.789. The van der Waals surface area contributed by atoms with E-state index in [0.29, 0.717) is 0 Å². The molecule has 6 heteroatoms. The molecule has 0 fully saturated rings. The SMILES string of the molecule is c1ccc(P(c2ccccc2)N(Cc2cccc(CN(P(c3ccccc3)c3ccccc3)P(c3ccccc3)c3ccccc3)c2)P(c2ccccc2)c2ccccc2)cc1. The molecular formula is C56H48N2P4. The maximum Gasteiger partial charge on any atom is 0.0326 e. The van der Waals surface area contributed by atoms with Crippen LogP contribution in [0.2, 0.25) is 0 Å². The molecule has 2 nitrogen and oxygen atoms in total. The first kappa shape index (κ1) is 41.9. The summed E-state index contributed by atoms with van der Waals surface area (Å²) in [4.78, 5) is 0. The standard InChI is InChI=1S/C56H48N2P4/c1-9-28-49(29-10-1)59(50-30-11-2-12-31-50)57(60(51-32-13-3-14-33-51)52-34-15-4-16-35-52)45-47-26-25-27-48(44-47)46-58(61(53-36-17-5-18-37-53)54-38-19-6-20-39-54)62(55-40-21-7-22-41-55)56-42-23-8-24-43-56/h1-44H,45-46H2. The van der Waals surface area contributed by atoms with Crippen LogP contribution in [0.1, 0.15) is 11.1 Å². The van der Waals surface area contributed by atoms with Crippen molar-refractivity contribution in [3.8, 4) is 0 Å². The number of rotatable bonds is 16. The van der Waals surface area contributed by atoms with Gasteiger partial charge in [-0.25, -0.2) is 8.88 Å². The number of benzene rings is 9. The van der Waals surface area contributed by atoms with Crippen LogP contribution in [-0.4, -0.2) is 8.88 Å². The molecular weight excluding hydrogens is 825 g/mol. The Hall–Kier alpha value is -5.38. The molecule has 9 aromatic carbocycles. The van der Waals surface area contributed by atoms with E-state index in [1.807, 2.05) is 0 Å². The monoisotopic (exact) mass is 872 g/mol. The smallest absolute Gasteiger partial charge is 0.0326 e. The number of hydrogen-bond acceptors (Lipinski definition) is 2. The van der Waals surface area contributed by atoms with E-state index in [2.05, 4.69) is 276 Å². The normalized spacial score (nSPS) is 11.6. The zero-order chi connectivity index (χ0) is 41.8. The molecule has 0 atom stereocenters. The van der Waals surface area contributed by atoms with Crippen LogP contribution >= 0.6 is 32.3 Å². The minimum atomic E-state index is -0.935. The molecule has 0 amide bonds. The molecule has 0 unspecified atom stereocenters. The van der Waals surface area contributed by atoms with Crippen molar-refractivity contribution >= 4 is 74.7 Å². The fourth-order valence-electron chi connectivity index (χ4n) is 7.83. The van der Waals surface area contributed by atoms with Gasteiger partial charge in [0.05, 0.1) is 0 Å². The molecule has 0 aromatic heterocycles. The first-order chi connectivity index (χ1) is 30.8. The molecule has 0 N–H and O–H groups in total. The van der Waals surface area contributed by atoms with Crippen molar-refractivity contribution in [3.05, 3.63) is 278 Å². The average molecular weight is 873 g/mol. The van der Waals surface area contributed by atoms with Gasteiger partial charge in [-0.1, -0.05) is 267 Å². The van der Waals surface area contributed by atoms with Crippen molar-refractivity contribution < 1.29 is 0 Å². The highest BCUT2D eigenvalue weighted by Gasteiger charge is 2.34. The van der Waals surface area contributed by atoms with Gasteiger partial charge in [0.15, 0.2) is 0 Å². The van der Waals surface area contributed by atoms with Gasteiger partial charge in [0.1, 0.15) is 0 Å². The van der Waals surface area contributed by atoms with Crippen LogP contribution in [-0.2, 0) is 13.1 Å². The predicted octanol–water partition coefficient (Wildman–Crippen LogP) is 11.5. The van der Waals surface area contributed by atoms with Gasteiger partial charge in [0, 0.05) is 45.4 Å². The topological polar surface area (TPSA) is 6.48 Å². The lowest BCUT2D eigenvalue weighted by molar-refractivity contribution is 0.700. The van der Waals surface area contributed by atoms with E-state index >= 15 is 0 Å². The van der Waals surface area contributed by atoms with Crippen molar-refractivity contribution in [3.63, 3.8) is 0 Å². The molecule has 0 aliphatic heterocycles. The van der Waals surface area contributed by atoms with Gasteiger partial charge in [-0.3, -0.25) is 0 Å². The second kappa shape index (κ2) is 21.1. The van der Waals surface area contributed by atoms with Crippen LogP contribution in [0.5, 0.6) is 0 Å². The Morgan fingerprint density at radius 3 is 0.565 bits per heavy atom. The van der Waals surface area contributed by atoms with Gasteiger partial charge in [0.2, 0.25) is 0 Å². The van der Waals surface area contributed by atoms with E-state index in [0.717, 1.165) is 13.1 Å². The first-order valence-corrected chi connectivity index (χ1v) is 26.2. The minimum Gasteiger partial charge on any atom is -0.240 e. The summed E-state index contributed by atoms with van der Waals surface area (Å²) in [6.07, 6.45) is 0. The summed E-state index contributed by atoms with van der Waals surface area (Å²) < 4.78 is 5.69. The summed E-state index contributed by atoms with van der Waals surface area (Å²) in [5.41, 5.74) is 2.63. The molecule has 0 saturated carbocycles. The van der Waals surface area contributed by atoms with E-state index in [1.54, 1.807) is 0 Å². The van der Waals surface area contributed by atoms with Crippen molar-refractivity contribution in [1.29, 1.82) is 0 Å². The second-order valence-corrected chi connectivity index (χ2v) is 24.0. The highest BCUT2D eigenvalue weighted by molar-refractivity contribution is 7.85. The molecule has 62 heavy (non-hydrogen) atoms. The van der Waals surface area contributed by atoms with Crippen LogP contribution in [0.3, 0.4) is 0 Å². The summed E-state index contributed by atoms with van der Waals surface area (Å²) in [6, 6.07) is 99.0. The third-order valence-electron chi connectivity index (χ3n) is 10.6. The van der Waals surface area contributed by atoms with Crippen molar-refractivity contribution in [2.24, 2.45) is 0 Å². The molecule has 0 radical (unpaired) electrons. The molecule has 0 aliphatic carbocycles. The van der Waals surface area contributed by atoms with Crippen LogP contribution < -0.4 is 42.4 Å². The second-order valence-electron chi connectivity index (χ2n) is 14.8. The Labute approximate surface area is 372 Å². The van der Waals surface area contributed by atoms with E-state index in [-0.39, 0.29) is 0 Å². The quantitative estimate of drug-likeness (QED) is 0.0893. The predicted molar refractivity (Wildman–Crippen MR) is 274 cm³/mol. The Balaban J connectivity index is 1.19. The third kappa shape index (κ3) is 10.1. The van der Waals surface area contributed by atoms with Crippen LogP contribution in [0, 0.1) is 0 Å². The summed E-state index contributed by atoms with van der Waals surface area (Å²) in [5.74, 6) is 0. The molecule has 302 valence electrons. The molecule has 0 bridgehead atoms. The average Bonchev–Trinajstić information content (AvgIpc) is 3.35. The van der Waals surface area contributed by atoms with Gasteiger partial charge in [-0.15, -0.1) is 0 Å². The number of hydrogen-bond donors (Lipinski definition) is 0. The molecule has 0 aliphatic rings. The lowest BCUT2D eigenvalue weighted by atomic mass is 10.1. The highest BCUT2D eigenvalue weighted by atomic mass is 31.2.